The fraction of sp³-hybridized carbons (Fsp3) is 0.481. The van der Waals surface area contributed by atoms with Crippen LogP contribution in [-0.4, -0.2) is 65.8 Å². The van der Waals surface area contributed by atoms with Gasteiger partial charge in [-0.05, 0) is 49.9 Å². The van der Waals surface area contributed by atoms with Gasteiger partial charge in [0.15, 0.2) is 0 Å². The minimum Gasteiger partial charge on any atom is -0.342 e. The van der Waals surface area contributed by atoms with Crippen molar-refractivity contribution in [2.45, 2.75) is 44.7 Å². The van der Waals surface area contributed by atoms with Crippen molar-refractivity contribution in [3.05, 3.63) is 71.8 Å². The molecule has 2 saturated heterocycles. The third-order valence-corrected chi connectivity index (χ3v) is 7.05. The number of carbonyl (C=O) groups excluding carboxylic acids is 2. The maximum absolute atomic E-state index is 12.9. The van der Waals surface area contributed by atoms with Gasteiger partial charge in [-0.15, -0.1) is 0 Å². The summed E-state index contributed by atoms with van der Waals surface area (Å²) < 4.78 is 0. The standard InChI is InChI=1S/C27H35N3O2/c1-28(21-23-10-6-3-7-11-23)27(32)24-12-16-29(17-13-24)25-14-18-30(19-15-25)26(31)20-22-8-4-2-5-9-22/h2-11,24-25H,12-21H2,1H3. The van der Waals surface area contributed by atoms with Crippen molar-refractivity contribution in [3.8, 4) is 0 Å². The van der Waals surface area contributed by atoms with Crippen LogP contribution in [0.4, 0.5) is 0 Å². The van der Waals surface area contributed by atoms with E-state index in [0.29, 0.717) is 19.0 Å². The highest BCUT2D eigenvalue weighted by Crippen LogP contribution is 2.25. The molecule has 0 aliphatic carbocycles. The molecule has 0 saturated carbocycles. The average Bonchev–Trinajstić information content (AvgIpc) is 2.85. The molecule has 2 aliphatic heterocycles. The van der Waals surface area contributed by atoms with E-state index in [1.54, 1.807) is 0 Å². The number of nitrogens with zero attached hydrogens (tertiary/aromatic N) is 3. The first kappa shape index (κ1) is 22.5. The second-order valence-corrected chi connectivity index (χ2v) is 9.26. The molecule has 2 heterocycles. The number of likely N-dealkylation sites (tertiary alicyclic amines) is 2. The molecule has 2 fully saturated rings. The van der Waals surface area contributed by atoms with Gasteiger partial charge in [-0.1, -0.05) is 60.7 Å². The first-order valence-corrected chi connectivity index (χ1v) is 11.9. The number of amides is 2. The van der Waals surface area contributed by atoms with Gasteiger partial charge in [0, 0.05) is 38.6 Å². The molecule has 0 N–H and O–H groups in total. The number of carbonyl (C=O) groups is 2. The molecule has 170 valence electrons. The number of piperidine rings is 2. The summed E-state index contributed by atoms with van der Waals surface area (Å²) in [6, 6.07) is 20.7. The van der Waals surface area contributed by atoms with E-state index in [4.69, 9.17) is 0 Å². The van der Waals surface area contributed by atoms with Gasteiger partial charge in [0.25, 0.3) is 0 Å². The Morgan fingerprint density at radius 1 is 0.812 bits per heavy atom. The molecule has 2 aliphatic rings. The topological polar surface area (TPSA) is 43.9 Å². The van der Waals surface area contributed by atoms with Gasteiger partial charge in [-0.2, -0.15) is 0 Å². The van der Waals surface area contributed by atoms with Crippen LogP contribution < -0.4 is 0 Å². The maximum atomic E-state index is 12.9. The molecular weight excluding hydrogens is 398 g/mol. The van der Waals surface area contributed by atoms with E-state index in [0.717, 1.165) is 57.4 Å². The zero-order chi connectivity index (χ0) is 22.3. The van der Waals surface area contributed by atoms with Gasteiger partial charge in [0.2, 0.25) is 11.8 Å². The fourth-order valence-corrected chi connectivity index (χ4v) is 5.12. The lowest BCUT2D eigenvalue weighted by Crippen LogP contribution is -2.50. The van der Waals surface area contributed by atoms with Gasteiger partial charge in [-0.3, -0.25) is 9.59 Å². The van der Waals surface area contributed by atoms with Crippen molar-refractivity contribution < 1.29 is 9.59 Å². The Balaban J connectivity index is 1.19. The van der Waals surface area contributed by atoms with E-state index in [2.05, 4.69) is 17.0 Å². The molecule has 0 unspecified atom stereocenters. The average molecular weight is 434 g/mol. The van der Waals surface area contributed by atoms with Crippen LogP contribution in [0.25, 0.3) is 0 Å². The Kier molecular flexibility index (Phi) is 7.59. The van der Waals surface area contributed by atoms with E-state index < -0.39 is 0 Å². The highest BCUT2D eigenvalue weighted by molar-refractivity contribution is 5.79. The molecule has 5 heteroatoms. The molecule has 5 nitrogen and oxygen atoms in total. The SMILES string of the molecule is CN(Cc1ccccc1)C(=O)C1CCN(C2CCN(C(=O)Cc3ccccc3)CC2)CC1. The monoisotopic (exact) mass is 433 g/mol. The predicted molar refractivity (Wildman–Crippen MR) is 127 cm³/mol. The lowest BCUT2D eigenvalue weighted by Gasteiger charge is -2.42. The highest BCUT2D eigenvalue weighted by Gasteiger charge is 2.32. The van der Waals surface area contributed by atoms with Crippen LogP contribution in [0.5, 0.6) is 0 Å². The minimum absolute atomic E-state index is 0.132. The summed E-state index contributed by atoms with van der Waals surface area (Å²) >= 11 is 0. The van der Waals surface area contributed by atoms with Gasteiger partial charge < -0.3 is 14.7 Å². The summed E-state index contributed by atoms with van der Waals surface area (Å²) in [4.78, 5) is 32.0. The van der Waals surface area contributed by atoms with Crippen molar-refractivity contribution in [2.75, 3.05) is 33.2 Å². The summed E-state index contributed by atoms with van der Waals surface area (Å²) in [6.07, 6.45) is 4.44. The van der Waals surface area contributed by atoms with Gasteiger partial charge in [0.1, 0.15) is 0 Å². The van der Waals surface area contributed by atoms with Crippen LogP contribution in [0.1, 0.15) is 36.8 Å². The summed E-state index contributed by atoms with van der Waals surface area (Å²) in [5, 5.41) is 0. The molecule has 2 aromatic carbocycles. The lowest BCUT2D eigenvalue weighted by atomic mass is 9.92. The Morgan fingerprint density at radius 2 is 1.38 bits per heavy atom. The third-order valence-electron chi connectivity index (χ3n) is 7.05. The van der Waals surface area contributed by atoms with E-state index in [1.165, 1.54) is 5.56 Å². The van der Waals surface area contributed by atoms with Crippen LogP contribution >= 0.6 is 0 Å². The number of hydrogen-bond acceptors (Lipinski definition) is 3. The molecule has 0 radical (unpaired) electrons. The van der Waals surface area contributed by atoms with E-state index in [1.807, 2.05) is 65.4 Å². The fourth-order valence-electron chi connectivity index (χ4n) is 5.12. The van der Waals surface area contributed by atoms with Gasteiger partial charge >= 0.3 is 0 Å². The van der Waals surface area contributed by atoms with E-state index in [9.17, 15) is 9.59 Å². The van der Waals surface area contributed by atoms with Crippen LogP contribution in [0.2, 0.25) is 0 Å². The Morgan fingerprint density at radius 3 is 1.97 bits per heavy atom. The highest BCUT2D eigenvalue weighted by atomic mass is 16.2. The molecule has 32 heavy (non-hydrogen) atoms. The molecule has 2 aromatic rings. The summed E-state index contributed by atoms with van der Waals surface area (Å²) in [6.45, 7) is 4.33. The normalized spacial score (nSPS) is 18.5. The van der Waals surface area contributed by atoms with Gasteiger partial charge in [-0.25, -0.2) is 0 Å². The Labute approximate surface area is 192 Å². The molecule has 2 amide bonds. The van der Waals surface area contributed by atoms with Crippen molar-refractivity contribution >= 4 is 11.8 Å². The predicted octanol–water partition coefficient (Wildman–Crippen LogP) is 3.59. The largest absolute Gasteiger partial charge is 0.342 e. The summed E-state index contributed by atoms with van der Waals surface area (Å²) in [5.74, 6) is 0.641. The van der Waals surface area contributed by atoms with Crippen molar-refractivity contribution in [1.29, 1.82) is 0 Å². The van der Waals surface area contributed by atoms with Gasteiger partial charge in [0.05, 0.1) is 6.42 Å². The molecule has 0 atom stereocenters. The molecular formula is C27H35N3O2. The van der Waals surface area contributed by atoms with Crippen LogP contribution in [0.15, 0.2) is 60.7 Å². The first-order valence-electron chi connectivity index (χ1n) is 11.9. The Hall–Kier alpha value is -2.66. The lowest BCUT2D eigenvalue weighted by molar-refractivity contribution is -0.137. The molecule has 0 spiro atoms. The second kappa shape index (κ2) is 10.8. The molecule has 0 bridgehead atoms. The second-order valence-electron chi connectivity index (χ2n) is 9.26. The summed E-state index contributed by atoms with van der Waals surface area (Å²) in [7, 11) is 1.92. The zero-order valence-corrected chi connectivity index (χ0v) is 19.2. The van der Waals surface area contributed by atoms with Crippen molar-refractivity contribution in [1.82, 2.24) is 14.7 Å². The molecule has 0 aromatic heterocycles. The van der Waals surface area contributed by atoms with Crippen LogP contribution in [-0.2, 0) is 22.6 Å². The van der Waals surface area contributed by atoms with E-state index >= 15 is 0 Å². The Bertz CT molecular complexity index is 870. The smallest absolute Gasteiger partial charge is 0.226 e. The quantitative estimate of drug-likeness (QED) is 0.699. The van der Waals surface area contributed by atoms with E-state index in [-0.39, 0.29) is 17.7 Å². The molecule has 4 rings (SSSR count). The summed E-state index contributed by atoms with van der Waals surface area (Å²) in [5.41, 5.74) is 2.26. The number of benzene rings is 2. The first-order chi connectivity index (χ1) is 15.6. The number of hydrogen-bond donors (Lipinski definition) is 0. The maximum Gasteiger partial charge on any atom is 0.226 e. The van der Waals surface area contributed by atoms with Crippen LogP contribution in [0.3, 0.4) is 0 Å². The third kappa shape index (κ3) is 5.77. The zero-order valence-electron chi connectivity index (χ0n) is 19.2. The van der Waals surface area contributed by atoms with Crippen molar-refractivity contribution in [3.63, 3.8) is 0 Å². The number of rotatable bonds is 6. The van der Waals surface area contributed by atoms with Crippen molar-refractivity contribution in [2.24, 2.45) is 5.92 Å². The van der Waals surface area contributed by atoms with Crippen LogP contribution in [0, 0.1) is 5.92 Å². The minimum atomic E-state index is 0.132.